The molecule has 1 unspecified atom stereocenters. The standard InChI is InChI=1S/C15H13Cl3FN/c1-8-3-6-12(19)13(7-8)20-9(2)10-4-5-11(16)15(18)14(10)17/h3-7,9,20H,1-2H3. The third kappa shape index (κ3) is 3.20. The van der Waals surface area contributed by atoms with Crippen molar-refractivity contribution in [3.63, 3.8) is 0 Å². The number of rotatable bonds is 3. The molecule has 1 atom stereocenters. The van der Waals surface area contributed by atoms with Gasteiger partial charge in [-0.1, -0.05) is 46.9 Å². The van der Waals surface area contributed by atoms with Crippen molar-refractivity contribution >= 4 is 40.5 Å². The van der Waals surface area contributed by atoms with Gasteiger partial charge >= 0.3 is 0 Å². The van der Waals surface area contributed by atoms with Crippen molar-refractivity contribution in [1.29, 1.82) is 0 Å². The SMILES string of the molecule is Cc1ccc(F)c(NC(C)c2ccc(Cl)c(Cl)c2Cl)c1. The Morgan fingerprint density at radius 2 is 1.75 bits per heavy atom. The van der Waals surface area contributed by atoms with Crippen LogP contribution in [0.25, 0.3) is 0 Å². The quantitative estimate of drug-likeness (QED) is 0.653. The number of hydrogen-bond donors (Lipinski definition) is 1. The molecule has 0 aliphatic heterocycles. The van der Waals surface area contributed by atoms with Crippen molar-refractivity contribution in [2.45, 2.75) is 19.9 Å². The summed E-state index contributed by atoms with van der Waals surface area (Å²) in [6, 6.07) is 8.15. The van der Waals surface area contributed by atoms with Crippen LogP contribution in [0.2, 0.25) is 15.1 Å². The summed E-state index contributed by atoms with van der Waals surface area (Å²) in [5.74, 6) is -0.307. The van der Waals surface area contributed by atoms with Crippen LogP contribution >= 0.6 is 34.8 Å². The molecule has 2 rings (SSSR count). The van der Waals surface area contributed by atoms with Crippen LogP contribution in [0, 0.1) is 12.7 Å². The monoisotopic (exact) mass is 331 g/mol. The largest absolute Gasteiger partial charge is 0.376 e. The summed E-state index contributed by atoms with van der Waals surface area (Å²) in [6.07, 6.45) is 0. The maximum Gasteiger partial charge on any atom is 0.146 e. The number of aryl methyl sites for hydroxylation is 1. The van der Waals surface area contributed by atoms with Gasteiger partial charge in [0.25, 0.3) is 0 Å². The predicted molar refractivity (Wildman–Crippen MR) is 84.6 cm³/mol. The van der Waals surface area contributed by atoms with Gasteiger partial charge in [0.05, 0.1) is 26.8 Å². The maximum atomic E-state index is 13.7. The van der Waals surface area contributed by atoms with Crippen molar-refractivity contribution in [2.75, 3.05) is 5.32 Å². The minimum atomic E-state index is -0.307. The number of benzene rings is 2. The van der Waals surface area contributed by atoms with Crippen molar-refractivity contribution in [1.82, 2.24) is 0 Å². The molecule has 2 aromatic carbocycles. The van der Waals surface area contributed by atoms with Crippen LogP contribution < -0.4 is 5.32 Å². The highest BCUT2D eigenvalue weighted by molar-refractivity contribution is 6.48. The van der Waals surface area contributed by atoms with Crippen LogP contribution in [0.4, 0.5) is 10.1 Å². The average Bonchev–Trinajstić information content (AvgIpc) is 2.40. The van der Waals surface area contributed by atoms with E-state index in [0.717, 1.165) is 11.1 Å². The molecule has 0 aliphatic rings. The smallest absolute Gasteiger partial charge is 0.146 e. The molecular formula is C15H13Cl3FN. The first-order valence-corrected chi connectivity index (χ1v) is 7.19. The van der Waals surface area contributed by atoms with E-state index in [1.165, 1.54) is 6.07 Å². The highest BCUT2D eigenvalue weighted by Gasteiger charge is 2.15. The van der Waals surface area contributed by atoms with Crippen molar-refractivity contribution in [3.05, 3.63) is 62.3 Å². The van der Waals surface area contributed by atoms with E-state index in [9.17, 15) is 4.39 Å². The summed E-state index contributed by atoms with van der Waals surface area (Å²) in [7, 11) is 0. The van der Waals surface area contributed by atoms with E-state index in [0.29, 0.717) is 20.8 Å². The summed E-state index contributed by atoms with van der Waals surface area (Å²) in [5, 5.41) is 4.18. The lowest BCUT2D eigenvalue weighted by atomic mass is 10.1. The molecule has 1 N–H and O–H groups in total. The molecule has 0 aromatic heterocycles. The summed E-state index contributed by atoms with van der Waals surface area (Å²) in [5.41, 5.74) is 2.17. The van der Waals surface area contributed by atoms with Gasteiger partial charge in [-0.2, -0.15) is 0 Å². The highest BCUT2D eigenvalue weighted by atomic mass is 35.5. The summed E-state index contributed by atoms with van der Waals surface area (Å²) >= 11 is 18.1. The molecule has 0 spiro atoms. The fourth-order valence-corrected chi connectivity index (χ4v) is 2.64. The molecule has 5 heteroatoms. The van der Waals surface area contributed by atoms with E-state index in [2.05, 4.69) is 5.32 Å². The van der Waals surface area contributed by atoms with E-state index < -0.39 is 0 Å². The van der Waals surface area contributed by atoms with E-state index in [1.807, 2.05) is 13.8 Å². The second-order valence-electron chi connectivity index (χ2n) is 4.61. The van der Waals surface area contributed by atoms with Gasteiger partial charge in [-0.15, -0.1) is 0 Å². The van der Waals surface area contributed by atoms with Gasteiger partial charge in [-0.25, -0.2) is 4.39 Å². The van der Waals surface area contributed by atoms with Crippen LogP contribution in [-0.4, -0.2) is 0 Å². The van der Waals surface area contributed by atoms with Gasteiger partial charge in [0.2, 0.25) is 0 Å². The van der Waals surface area contributed by atoms with E-state index in [-0.39, 0.29) is 11.9 Å². The Labute approximate surface area is 132 Å². The van der Waals surface area contributed by atoms with Gasteiger partial charge in [0.15, 0.2) is 0 Å². The Kier molecular flexibility index (Phi) is 4.79. The van der Waals surface area contributed by atoms with E-state index in [1.54, 1.807) is 24.3 Å². The molecule has 0 heterocycles. The summed E-state index contributed by atoms with van der Waals surface area (Å²) < 4.78 is 13.7. The predicted octanol–water partition coefficient (Wildman–Crippen LogP) is 6.27. The Bertz CT molecular complexity index is 643. The van der Waals surface area contributed by atoms with Gasteiger partial charge < -0.3 is 5.32 Å². The Morgan fingerprint density at radius 3 is 2.45 bits per heavy atom. The number of hydrogen-bond acceptors (Lipinski definition) is 1. The molecule has 106 valence electrons. The fraction of sp³-hybridized carbons (Fsp3) is 0.200. The van der Waals surface area contributed by atoms with Crippen LogP contribution in [0.15, 0.2) is 30.3 Å². The van der Waals surface area contributed by atoms with Gasteiger partial charge in [-0.05, 0) is 43.2 Å². The summed E-state index contributed by atoms with van der Waals surface area (Å²) in [6.45, 7) is 3.79. The van der Waals surface area contributed by atoms with E-state index in [4.69, 9.17) is 34.8 Å². The first kappa shape index (κ1) is 15.4. The highest BCUT2D eigenvalue weighted by Crippen LogP contribution is 2.36. The Morgan fingerprint density at radius 1 is 1.05 bits per heavy atom. The molecule has 0 amide bonds. The first-order valence-electron chi connectivity index (χ1n) is 6.06. The third-order valence-electron chi connectivity index (χ3n) is 3.03. The van der Waals surface area contributed by atoms with Crippen LogP contribution in [-0.2, 0) is 0 Å². The lowest BCUT2D eigenvalue weighted by Crippen LogP contribution is -2.09. The second-order valence-corrected chi connectivity index (χ2v) is 5.78. The lowest BCUT2D eigenvalue weighted by molar-refractivity contribution is 0.627. The molecule has 0 bridgehead atoms. The topological polar surface area (TPSA) is 12.0 Å². The van der Waals surface area contributed by atoms with Crippen LogP contribution in [0.3, 0.4) is 0 Å². The molecule has 0 aliphatic carbocycles. The molecular weight excluding hydrogens is 320 g/mol. The van der Waals surface area contributed by atoms with Gasteiger partial charge in [0.1, 0.15) is 5.82 Å². The first-order chi connectivity index (χ1) is 9.40. The molecule has 0 saturated heterocycles. The van der Waals surface area contributed by atoms with Gasteiger partial charge in [-0.3, -0.25) is 0 Å². The second kappa shape index (κ2) is 6.21. The Hall–Kier alpha value is -0.960. The molecule has 0 saturated carbocycles. The number of nitrogens with one attached hydrogen (secondary N) is 1. The molecule has 1 nitrogen and oxygen atoms in total. The zero-order valence-electron chi connectivity index (χ0n) is 11.0. The minimum Gasteiger partial charge on any atom is -0.376 e. The van der Waals surface area contributed by atoms with Crippen molar-refractivity contribution < 1.29 is 4.39 Å². The molecule has 0 radical (unpaired) electrons. The zero-order chi connectivity index (χ0) is 14.9. The van der Waals surface area contributed by atoms with E-state index >= 15 is 0 Å². The average molecular weight is 333 g/mol. The van der Waals surface area contributed by atoms with Crippen LogP contribution in [0.1, 0.15) is 24.1 Å². The van der Waals surface area contributed by atoms with Crippen LogP contribution in [0.5, 0.6) is 0 Å². The van der Waals surface area contributed by atoms with Crippen molar-refractivity contribution in [2.24, 2.45) is 0 Å². The molecule has 20 heavy (non-hydrogen) atoms. The summed E-state index contributed by atoms with van der Waals surface area (Å²) in [4.78, 5) is 0. The van der Waals surface area contributed by atoms with Crippen molar-refractivity contribution in [3.8, 4) is 0 Å². The Balaban J connectivity index is 2.31. The third-order valence-corrected chi connectivity index (χ3v) is 4.33. The normalized spacial score (nSPS) is 12.3. The minimum absolute atomic E-state index is 0.200. The lowest BCUT2D eigenvalue weighted by Gasteiger charge is -2.18. The van der Waals surface area contributed by atoms with Gasteiger partial charge in [0, 0.05) is 0 Å². The molecule has 2 aromatic rings. The zero-order valence-corrected chi connectivity index (χ0v) is 13.2. The number of halogens is 4. The number of anilines is 1. The maximum absolute atomic E-state index is 13.7. The fourth-order valence-electron chi connectivity index (χ4n) is 1.94. The molecule has 0 fully saturated rings.